The van der Waals surface area contributed by atoms with Gasteiger partial charge in [0.2, 0.25) is 0 Å². The van der Waals surface area contributed by atoms with Gasteiger partial charge in [0.25, 0.3) is 0 Å². The summed E-state index contributed by atoms with van der Waals surface area (Å²) in [6.45, 7) is 4.17. The fourth-order valence-electron chi connectivity index (χ4n) is 7.27. The first-order valence-electron chi connectivity index (χ1n) is 19.3. The van der Waals surface area contributed by atoms with E-state index in [9.17, 15) is 0 Å². The van der Waals surface area contributed by atoms with Gasteiger partial charge in [-0.2, -0.15) is 11.3 Å². The van der Waals surface area contributed by atoms with Gasteiger partial charge in [-0.15, -0.1) is 23.8 Å². The van der Waals surface area contributed by atoms with Crippen LogP contribution in [0.3, 0.4) is 0 Å². The molecule has 9 aromatic rings. The van der Waals surface area contributed by atoms with Crippen LogP contribution in [0.25, 0.3) is 75.4 Å². The predicted octanol–water partition coefficient (Wildman–Crippen LogP) is 13.9. The third-order valence-electron chi connectivity index (χ3n) is 10.4. The maximum absolute atomic E-state index is 8.84. The molecule has 0 aliphatic heterocycles. The summed E-state index contributed by atoms with van der Waals surface area (Å²) in [5, 5.41) is 7.55. The topological polar surface area (TPSA) is 25.8 Å². The molecule has 5 heteroatoms. The molecule has 275 valence electrons. The SMILES string of the molecule is [2H]C(CC)(CC)c1ccnc(-c2[c-]ccc3c2sc2cc(-c4ccccc4)ccc23)c1.[CH3][Ge]([CH3])([CH3])[c]1ccc(-c2[c-]cc3ccc4ccccc4c3c2)nc1.[Ir]. The van der Waals surface area contributed by atoms with Crippen molar-refractivity contribution in [3.8, 4) is 33.6 Å². The Hall–Kier alpha value is -4.45. The standard InChI is InChI=1S/C28H24NS.C22H20GeN.Ir/c1-3-19(4-2)22-15-16-29-26(17-22)25-12-8-11-24-23-14-13-21(18-27(23)30-28(24)25)20-9-6-5-7-10-20;1-23(2,3)19-12-13-22(24-15-19)18-11-10-17-9-8-16-6-4-5-7-20(16)21(17)14-18;/h5-11,13-19H,3-4H2,1-2H3;4-10,12-15H,1-3H3;/q2*-1;/i19D;;. The summed E-state index contributed by atoms with van der Waals surface area (Å²) >= 11 is -0.0116. The van der Waals surface area contributed by atoms with Crippen molar-refractivity contribution in [2.24, 2.45) is 0 Å². The molecule has 55 heavy (non-hydrogen) atoms. The van der Waals surface area contributed by atoms with E-state index < -0.39 is 19.2 Å². The summed E-state index contributed by atoms with van der Waals surface area (Å²) in [5.74, 6) is 6.61. The first-order valence-corrected chi connectivity index (χ1v) is 27.0. The Bertz CT molecular complexity index is 2790. The van der Waals surface area contributed by atoms with Gasteiger partial charge in [0.15, 0.2) is 0 Å². The van der Waals surface area contributed by atoms with Crippen LogP contribution >= 0.6 is 11.3 Å². The predicted molar refractivity (Wildman–Crippen MR) is 237 cm³/mol. The molecule has 6 aromatic carbocycles. The molecule has 0 N–H and O–H groups in total. The van der Waals surface area contributed by atoms with Crippen molar-refractivity contribution < 1.29 is 21.5 Å². The molecule has 0 bridgehead atoms. The number of pyridine rings is 2. The van der Waals surface area contributed by atoms with Gasteiger partial charge in [-0.1, -0.05) is 73.3 Å². The number of hydrogen-bond acceptors (Lipinski definition) is 3. The number of hydrogen-bond donors (Lipinski definition) is 0. The first-order chi connectivity index (χ1) is 26.6. The zero-order valence-corrected chi connectivity index (χ0v) is 37.2. The van der Waals surface area contributed by atoms with Crippen LogP contribution < -0.4 is 4.40 Å². The van der Waals surface area contributed by atoms with E-state index in [0.717, 1.165) is 40.9 Å². The van der Waals surface area contributed by atoms with E-state index in [2.05, 4.69) is 170 Å². The van der Waals surface area contributed by atoms with Crippen LogP contribution in [0.1, 0.15) is 39.5 Å². The summed E-state index contributed by atoms with van der Waals surface area (Å²) in [6.07, 6.45) is 5.47. The molecule has 1 radical (unpaired) electrons. The monoisotopic (exact) mass is 972 g/mol. The second-order valence-electron chi connectivity index (χ2n) is 14.8. The quantitative estimate of drug-likeness (QED) is 0.0904. The Morgan fingerprint density at radius 3 is 2.22 bits per heavy atom. The van der Waals surface area contributed by atoms with Gasteiger partial charge in [-0.3, -0.25) is 0 Å². The van der Waals surface area contributed by atoms with E-state index in [1.54, 1.807) is 11.3 Å². The maximum Gasteiger partial charge on any atom is 0 e. The summed E-state index contributed by atoms with van der Waals surface area (Å²) < 4.78 is 12.7. The fourth-order valence-corrected chi connectivity index (χ4v) is 10.7. The van der Waals surface area contributed by atoms with Crippen molar-refractivity contribution in [1.82, 2.24) is 9.97 Å². The Balaban J connectivity index is 0.000000174. The normalized spacial score (nSPS) is 12.0. The molecule has 3 heterocycles. The molecular weight excluding hydrogens is 925 g/mol. The van der Waals surface area contributed by atoms with Crippen LogP contribution in [0, 0.1) is 12.1 Å². The van der Waals surface area contributed by atoms with Crippen molar-refractivity contribution in [2.45, 2.75) is 49.9 Å². The minimum Gasteiger partial charge on any atom is 0 e. The molecule has 2 nitrogen and oxygen atoms in total. The molecular formula is C50H44GeIrN2S-2. The van der Waals surface area contributed by atoms with Gasteiger partial charge in [0.1, 0.15) is 0 Å². The molecule has 0 fully saturated rings. The zero-order valence-electron chi connectivity index (χ0n) is 32.9. The van der Waals surface area contributed by atoms with Gasteiger partial charge in [-0.05, 0) is 57.8 Å². The van der Waals surface area contributed by atoms with Crippen molar-refractivity contribution in [2.75, 3.05) is 0 Å². The number of nitrogens with zero attached hydrogens (tertiary/aromatic N) is 2. The summed E-state index contributed by atoms with van der Waals surface area (Å²) in [4.78, 5) is 9.39. The second kappa shape index (κ2) is 16.7. The molecule has 0 amide bonds. The van der Waals surface area contributed by atoms with E-state index in [1.807, 2.05) is 24.4 Å². The number of benzene rings is 6. The maximum atomic E-state index is 8.84. The number of fused-ring (bicyclic) bond motifs is 6. The molecule has 0 saturated carbocycles. The van der Waals surface area contributed by atoms with Crippen LogP contribution in [0.4, 0.5) is 0 Å². The molecule has 0 atom stereocenters. The van der Waals surface area contributed by atoms with Gasteiger partial charge < -0.3 is 4.98 Å². The Kier molecular flexibility index (Phi) is 11.4. The summed E-state index contributed by atoms with van der Waals surface area (Å²) in [6, 6.07) is 53.9. The van der Waals surface area contributed by atoms with Gasteiger partial charge in [0.05, 0.1) is 0 Å². The first kappa shape index (κ1) is 37.5. The summed E-state index contributed by atoms with van der Waals surface area (Å²) in [5.41, 5.74) is 7.48. The van der Waals surface area contributed by atoms with E-state index in [4.69, 9.17) is 6.35 Å². The average molecular weight is 971 g/mol. The fraction of sp³-hybridized carbons (Fsp3) is 0.160. The van der Waals surface area contributed by atoms with E-state index in [1.165, 1.54) is 57.2 Å². The van der Waals surface area contributed by atoms with Gasteiger partial charge >= 0.3 is 146 Å². The van der Waals surface area contributed by atoms with Crippen molar-refractivity contribution in [3.05, 3.63) is 164 Å². The number of aromatic nitrogens is 2. The van der Waals surface area contributed by atoms with Crippen LogP contribution in [-0.4, -0.2) is 23.2 Å². The van der Waals surface area contributed by atoms with Crippen molar-refractivity contribution in [1.29, 1.82) is 0 Å². The van der Waals surface area contributed by atoms with Gasteiger partial charge in [0, 0.05) is 32.4 Å². The van der Waals surface area contributed by atoms with Crippen LogP contribution in [0.15, 0.2) is 146 Å². The van der Waals surface area contributed by atoms with E-state index in [-0.39, 0.29) is 20.1 Å². The largest absolute Gasteiger partial charge is 0 e. The van der Waals surface area contributed by atoms with E-state index in [0.29, 0.717) is 0 Å². The minimum absolute atomic E-state index is 0. The molecule has 0 saturated heterocycles. The smallest absolute Gasteiger partial charge is 0 e. The molecule has 0 aliphatic carbocycles. The Morgan fingerprint density at radius 2 is 1.45 bits per heavy atom. The average Bonchev–Trinajstić information content (AvgIpc) is 3.62. The molecule has 3 aromatic heterocycles. The van der Waals surface area contributed by atoms with E-state index >= 15 is 0 Å². The Morgan fingerprint density at radius 1 is 0.673 bits per heavy atom. The Labute approximate surface area is 346 Å². The van der Waals surface area contributed by atoms with Crippen LogP contribution in [0.5, 0.6) is 0 Å². The molecule has 0 aliphatic rings. The molecule has 0 unspecified atom stereocenters. The number of thiophene rings is 1. The van der Waals surface area contributed by atoms with Crippen molar-refractivity contribution in [3.63, 3.8) is 0 Å². The zero-order chi connectivity index (χ0) is 38.2. The van der Waals surface area contributed by atoms with Crippen LogP contribution in [-0.2, 0) is 20.1 Å². The second-order valence-corrected chi connectivity index (χ2v) is 26.5. The number of rotatable bonds is 7. The molecule has 0 spiro atoms. The van der Waals surface area contributed by atoms with Crippen LogP contribution in [0.2, 0.25) is 17.3 Å². The third kappa shape index (κ3) is 8.11. The van der Waals surface area contributed by atoms with Crippen molar-refractivity contribution >= 4 is 70.7 Å². The molecule has 9 rings (SSSR count). The minimum atomic E-state index is -1.81. The van der Waals surface area contributed by atoms with Gasteiger partial charge in [-0.25, -0.2) is 0 Å². The summed E-state index contributed by atoms with van der Waals surface area (Å²) in [7, 11) is 0. The third-order valence-corrected chi connectivity index (χ3v) is 15.8.